The van der Waals surface area contributed by atoms with Gasteiger partial charge in [0, 0.05) is 6.54 Å². The lowest BCUT2D eigenvalue weighted by molar-refractivity contribution is 0.0476. The van der Waals surface area contributed by atoms with Crippen LogP contribution in [0, 0.1) is 0 Å². The van der Waals surface area contributed by atoms with Crippen LogP contribution in [0.3, 0.4) is 0 Å². The number of ether oxygens (including phenoxy) is 1. The third-order valence-corrected chi connectivity index (χ3v) is 3.26. The van der Waals surface area contributed by atoms with Crippen molar-refractivity contribution in [1.29, 1.82) is 0 Å². The Morgan fingerprint density at radius 2 is 2.09 bits per heavy atom. The Labute approximate surface area is 137 Å². The third-order valence-electron chi connectivity index (χ3n) is 2.95. The summed E-state index contributed by atoms with van der Waals surface area (Å²) in [5.74, 6) is 0.592. The van der Waals surface area contributed by atoms with E-state index in [1.807, 2.05) is 26.0 Å². The molecule has 0 radical (unpaired) electrons. The van der Waals surface area contributed by atoms with Crippen LogP contribution in [-0.4, -0.2) is 47.4 Å². The van der Waals surface area contributed by atoms with E-state index >= 15 is 0 Å². The van der Waals surface area contributed by atoms with Crippen molar-refractivity contribution in [3.8, 4) is 5.75 Å². The predicted octanol–water partition coefficient (Wildman–Crippen LogP) is 2.91. The first-order chi connectivity index (χ1) is 10.2. The Morgan fingerprint density at radius 1 is 1.45 bits per heavy atom. The fourth-order valence-corrected chi connectivity index (χ4v) is 2.12. The zero-order valence-electron chi connectivity index (χ0n) is 13.6. The van der Waals surface area contributed by atoms with Crippen molar-refractivity contribution in [1.82, 2.24) is 10.2 Å². The minimum absolute atomic E-state index is 0.218. The summed E-state index contributed by atoms with van der Waals surface area (Å²) in [6.07, 6.45) is -0.218. The number of amides is 2. The Kier molecular flexibility index (Phi) is 6.97. The number of urea groups is 1. The molecule has 0 spiro atoms. The van der Waals surface area contributed by atoms with Crippen LogP contribution >= 0.6 is 11.6 Å². The van der Waals surface area contributed by atoms with Gasteiger partial charge in [0.05, 0.1) is 23.7 Å². The highest BCUT2D eigenvalue weighted by atomic mass is 35.5. The molecule has 0 bridgehead atoms. The molecule has 1 unspecified atom stereocenters. The molecule has 0 saturated carbocycles. The number of carbonyl (C=O) groups is 1. The monoisotopic (exact) mass is 328 g/mol. The third kappa shape index (κ3) is 6.54. The van der Waals surface area contributed by atoms with Crippen molar-refractivity contribution in [3.05, 3.63) is 29.3 Å². The van der Waals surface area contributed by atoms with Crippen LogP contribution in [-0.2, 0) is 0 Å². The van der Waals surface area contributed by atoms with Gasteiger partial charge in [-0.2, -0.15) is 0 Å². The largest absolute Gasteiger partial charge is 0.487 e. The van der Waals surface area contributed by atoms with Crippen LogP contribution in [0.2, 0.25) is 5.02 Å². The first-order valence-corrected chi connectivity index (χ1v) is 7.77. The minimum atomic E-state index is -0.924. The second-order valence-corrected chi connectivity index (χ2v) is 6.28. The van der Waals surface area contributed by atoms with E-state index in [1.165, 1.54) is 0 Å². The summed E-state index contributed by atoms with van der Waals surface area (Å²) in [6, 6.07) is 6.99. The van der Waals surface area contributed by atoms with Crippen LogP contribution < -0.4 is 10.1 Å². The number of hydrogen-bond acceptors (Lipinski definition) is 3. The van der Waals surface area contributed by atoms with Gasteiger partial charge in [-0.25, -0.2) is 4.79 Å². The highest BCUT2D eigenvalue weighted by Crippen LogP contribution is 2.24. The maximum atomic E-state index is 12.1. The van der Waals surface area contributed by atoms with E-state index in [2.05, 4.69) is 5.32 Å². The topological polar surface area (TPSA) is 61.8 Å². The molecule has 0 heterocycles. The molecule has 22 heavy (non-hydrogen) atoms. The van der Waals surface area contributed by atoms with Gasteiger partial charge in [-0.3, -0.25) is 0 Å². The van der Waals surface area contributed by atoms with Gasteiger partial charge in [0.2, 0.25) is 0 Å². The number of carbonyl (C=O) groups excluding carboxylic acids is 1. The van der Waals surface area contributed by atoms with Crippen LogP contribution in [0.25, 0.3) is 0 Å². The fraction of sp³-hybridized carbons (Fsp3) is 0.562. The zero-order valence-corrected chi connectivity index (χ0v) is 14.4. The summed E-state index contributed by atoms with van der Waals surface area (Å²) in [7, 11) is 0. The summed E-state index contributed by atoms with van der Waals surface area (Å²) in [4.78, 5) is 13.7. The van der Waals surface area contributed by atoms with Crippen LogP contribution in [0.1, 0.15) is 27.7 Å². The molecule has 2 N–H and O–H groups in total. The van der Waals surface area contributed by atoms with Crippen molar-refractivity contribution in [2.75, 3.05) is 19.6 Å². The number of halogens is 1. The average molecular weight is 329 g/mol. The van der Waals surface area contributed by atoms with Crippen molar-refractivity contribution >= 4 is 17.6 Å². The van der Waals surface area contributed by atoms with Gasteiger partial charge in [0.15, 0.2) is 0 Å². The molecular weight excluding hydrogens is 304 g/mol. The molecule has 2 amide bonds. The van der Waals surface area contributed by atoms with E-state index < -0.39 is 5.60 Å². The summed E-state index contributed by atoms with van der Waals surface area (Å²) in [6.45, 7) is 8.22. The molecule has 1 atom stereocenters. The van der Waals surface area contributed by atoms with Crippen molar-refractivity contribution < 1.29 is 14.6 Å². The predicted molar refractivity (Wildman–Crippen MR) is 88.5 cm³/mol. The number of likely N-dealkylation sites (N-methyl/N-ethyl adjacent to an activating group) is 1. The van der Waals surface area contributed by atoms with E-state index in [9.17, 15) is 9.90 Å². The van der Waals surface area contributed by atoms with Crippen LogP contribution in [0.15, 0.2) is 24.3 Å². The van der Waals surface area contributed by atoms with Gasteiger partial charge in [0.25, 0.3) is 0 Å². The van der Waals surface area contributed by atoms with E-state index in [0.717, 1.165) is 0 Å². The van der Waals surface area contributed by atoms with E-state index in [-0.39, 0.29) is 18.7 Å². The second kappa shape index (κ2) is 8.25. The van der Waals surface area contributed by atoms with Gasteiger partial charge in [-0.1, -0.05) is 23.7 Å². The SMILES string of the molecule is CCN(CC(C)(C)O)C(=O)NCC(C)Oc1ccccc1Cl. The number of aliphatic hydroxyl groups is 1. The quantitative estimate of drug-likeness (QED) is 0.809. The molecule has 1 rings (SSSR count). The van der Waals surface area contributed by atoms with Gasteiger partial charge in [0.1, 0.15) is 11.9 Å². The maximum Gasteiger partial charge on any atom is 0.317 e. The highest BCUT2D eigenvalue weighted by molar-refractivity contribution is 6.32. The molecule has 0 aliphatic rings. The van der Waals surface area contributed by atoms with Crippen molar-refractivity contribution in [2.24, 2.45) is 0 Å². The molecule has 0 saturated heterocycles. The highest BCUT2D eigenvalue weighted by Gasteiger charge is 2.21. The first kappa shape index (κ1) is 18.6. The van der Waals surface area contributed by atoms with Gasteiger partial charge < -0.3 is 20.1 Å². The minimum Gasteiger partial charge on any atom is -0.487 e. The molecule has 5 nitrogen and oxygen atoms in total. The molecule has 1 aromatic carbocycles. The number of hydrogen-bond donors (Lipinski definition) is 2. The summed E-state index contributed by atoms with van der Waals surface area (Å²) >= 11 is 6.03. The van der Waals surface area contributed by atoms with Gasteiger partial charge in [-0.05, 0) is 39.8 Å². The maximum absolute atomic E-state index is 12.1. The summed E-state index contributed by atoms with van der Waals surface area (Å²) < 4.78 is 5.70. The Hall–Kier alpha value is -1.46. The Balaban J connectivity index is 2.47. The van der Waals surface area contributed by atoms with Crippen molar-refractivity contribution in [3.63, 3.8) is 0 Å². The normalized spacial score (nSPS) is 12.6. The van der Waals surface area contributed by atoms with Gasteiger partial charge >= 0.3 is 6.03 Å². The molecule has 1 aromatic rings. The molecule has 0 aliphatic carbocycles. The van der Waals surface area contributed by atoms with Gasteiger partial charge in [-0.15, -0.1) is 0 Å². The Morgan fingerprint density at radius 3 is 2.64 bits per heavy atom. The van der Waals surface area contributed by atoms with E-state index in [4.69, 9.17) is 16.3 Å². The number of nitrogens with one attached hydrogen (secondary N) is 1. The second-order valence-electron chi connectivity index (χ2n) is 5.87. The molecule has 0 fully saturated rings. The van der Waals surface area contributed by atoms with E-state index in [1.54, 1.807) is 30.9 Å². The van der Waals surface area contributed by atoms with Crippen LogP contribution in [0.4, 0.5) is 4.79 Å². The number of rotatable bonds is 7. The lowest BCUT2D eigenvalue weighted by atomic mass is 10.1. The van der Waals surface area contributed by atoms with E-state index in [0.29, 0.717) is 23.9 Å². The zero-order chi connectivity index (χ0) is 16.8. The molecule has 0 aromatic heterocycles. The lowest BCUT2D eigenvalue weighted by Crippen LogP contribution is -2.48. The fourth-order valence-electron chi connectivity index (χ4n) is 1.94. The molecule has 6 heteroatoms. The summed E-state index contributed by atoms with van der Waals surface area (Å²) in [5, 5.41) is 13.2. The average Bonchev–Trinajstić information content (AvgIpc) is 2.43. The van der Waals surface area contributed by atoms with Crippen molar-refractivity contribution in [2.45, 2.75) is 39.4 Å². The Bertz CT molecular complexity index is 489. The molecule has 0 aliphatic heterocycles. The molecule has 124 valence electrons. The number of nitrogens with zero attached hydrogens (tertiary/aromatic N) is 1. The standard InChI is InChI=1S/C16H25ClN2O3/c1-5-19(11-16(3,4)21)15(20)18-10-12(2)22-14-9-7-6-8-13(14)17/h6-9,12,21H,5,10-11H2,1-4H3,(H,18,20). The smallest absolute Gasteiger partial charge is 0.317 e. The number of para-hydroxylation sites is 1. The lowest BCUT2D eigenvalue weighted by Gasteiger charge is -2.28. The number of benzene rings is 1. The molecular formula is C16H25ClN2O3. The van der Waals surface area contributed by atoms with Crippen LogP contribution in [0.5, 0.6) is 5.75 Å². The summed E-state index contributed by atoms with van der Waals surface area (Å²) in [5.41, 5.74) is -0.924. The first-order valence-electron chi connectivity index (χ1n) is 7.39.